The largest absolute Gasteiger partial charge is 0.573 e. The van der Waals surface area contributed by atoms with E-state index < -0.39 is 12.3 Å². The zero-order valence-electron chi connectivity index (χ0n) is 15.0. The molecule has 0 unspecified atom stereocenters. The molecule has 0 saturated heterocycles. The van der Waals surface area contributed by atoms with Gasteiger partial charge in [0.15, 0.2) is 0 Å². The van der Waals surface area contributed by atoms with Gasteiger partial charge in [-0.2, -0.15) is 0 Å². The van der Waals surface area contributed by atoms with E-state index in [0.29, 0.717) is 23.6 Å². The van der Waals surface area contributed by atoms with Crippen molar-refractivity contribution < 1.29 is 22.7 Å². The molecule has 1 aromatic carbocycles. The standard InChI is InChI=1S/C18H21F3N4O2/c1-25(2)12-4-11-23-16-15(5-3-10-22-16)17(26)24-13-6-8-14(9-7-13)27-18(19,20)21/h3,5-10H,4,11-12H2,1-2H3,(H,22,23)(H,24,26). The number of carbonyl (C=O) groups is 1. The fourth-order valence-electron chi connectivity index (χ4n) is 2.27. The van der Waals surface area contributed by atoms with Crippen molar-refractivity contribution in [3.8, 4) is 5.75 Å². The van der Waals surface area contributed by atoms with Crippen molar-refractivity contribution in [1.82, 2.24) is 9.88 Å². The van der Waals surface area contributed by atoms with Gasteiger partial charge in [-0.1, -0.05) is 0 Å². The highest BCUT2D eigenvalue weighted by Gasteiger charge is 2.31. The Kier molecular flexibility index (Phi) is 7.00. The van der Waals surface area contributed by atoms with Crippen molar-refractivity contribution >= 4 is 17.4 Å². The number of pyridine rings is 1. The number of nitrogens with zero attached hydrogens (tertiary/aromatic N) is 2. The van der Waals surface area contributed by atoms with Crippen LogP contribution in [0.15, 0.2) is 42.6 Å². The maximum atomic E-state index is 12.5. The molecule has 1 heterocycles. The smallest absolute Gasteiger partial charge is 0.406 e. The van der Waals surface area contributed by atoms with Gasteiger partial charge >= 0.3 is 6.36 Å². The van der Waals surface area contributed by atoms with Gasteiger partial charge in [0.25, 0.3) is 5.91 Å². The lowest BCUT2D eigenvalue weighted by Gasteiger charge is -2.13. The summed E-state index contributed by atoms with van der Waals surface area (Å²) in [5, 5.41) is 5.76. The minimum absolute atomic E-state index is 0.344. The van der Waals surface area contributed by atoms with Crippen molar-refractivity contribution in [3.05, 3.63) is 48.2 Å². The van der Waals surface area contributed by atoms with Gasteiger partial charge in [-0.15, -0.1) is 13.2 Å². The summed E-state index contributed by atoms with van der Waals surface area (Å²) in [6, 6.07) is 8.19. The van der Waals surface area contributed by atoms with E-state index in [1.807, 2.05) is 14.1 Å². The molecule has 2 aromatic rings. The van der Waals surface area contributed by atoms with E-state index in [2.05, 4.69) is 25.3 Å². The highest BCUT2D eigenvalue weighted by molar-refractivity contribution is 6.07. The number of amides is 1. The summed E-state index contributed by atoms with van der Waals surface area (Å²) >= 11 is 0. The van der Waals surface area contributed by atoms with Crippen molar-refractivity contribution in [1.29, 1.82) is 0 Å². The summed E-state index contributed by atoms with van der Waals surface area (Å²) in [4.78, 5) is 18.7. The van der Waals surface area contributed by atoms with Crippen LogP contribution < -0.4 is 15.4 Å². The third kappa shape index (κ3) is 7.14. The second-order valence-corrected chi connectivity index (χ2v) is 6.01. The summed E-state index contributed by atoms with van der Waals surface area (Å²) in [6.45, 7) is 1.55. The number of hydrogen-bond acceptors (Lipinski definition) is 5. The Labute approximate surface area is 155 Å². The molecule has 9 heteroatoms. The minimum Gasteiger partial charge on any atom is -0.406 e. The van der Waals surface area contributed by atoms with E-state index in [1.165, 1.54) is 12.1 Å². The zero-order chi connectivity index (χ0) is 19.9. The Bertz CT molecular complexity index is 749. The number of halogens is 3. The van der Waals surface area contributed by atoms with Gasteiger partial charge in [0.2, 0.25) is 0 Å². The van der Waals surface area contributed by atoms with E-state index in [0.717, 1.165) is 25.1 Å². The molecule has 6 nitrogen and oxygen atoms in total. The van der Waals surface area contributed by atoms with E-state index in [1.54, 1.807) is 18.3 Å². The van der Waals surface area contributed by atoms with E-state index >= 15 is 0 Å². The first-order valence-electron chi connectivity index (χ1n) is 8.25. The van der Waals surface area contributed by atoms with Crippen LogP contribution >= 0.6 is 0 Å². The van der Waals surface area contributed by atoms with Crippen LogP contribution in [0.5, 0.6) is 5.75 Å². The van der Waals surface area contributed by atoms with Crippen LogP contribution in [0.25, 0.3) is 0 Å². The molecular weight excluding hydrogens is 361 g/mol. The van der Waals surface area contributed by atoms with E-state index in [9.17, 15) is 18.0 Å². The molecule has 0 aliphatic heterocycles. The number of benzene rings is 1. The van der Waals surface area contributed by atoms with Gasteiger partial charge in [-0.05, 0) is 63.5 Å². The topological polar surface area (TPSA) is 66.5 Å². The molecule has 0 atom stereocenters. The third-order valence-corrected chi connectivity index (χ3v) is 3.47. The Hall–Kier alpha value is -2.81. The van der Waals surface area contributed by atoms with Gasteiger partial charge in [0, 0.05) is 18.4 Å². The molecule has 0 aliphatic rings. The van der Waals surface area contributed by atoms with Gasteiger partial charge in [0.05, 0.1) is 5.56 Å². The third-order valence-electron chi connectivity index (χ3n) is 3.47. The summed E-state index contributed by atoms with van der Waals surface area (Å²) in [6.07, 6.45) is -2.30. The number of alkyl halides is 3. The van der Waals surface area contributed by atoms with Crippen molar-refractivity contribution in [2.45, 2.75) is 12.8 Å². The van der Waals surface area contributed by atoms with Crippen molar-refractivity contribution in [3.63, 3.8) is 0 Å². The average molecular weight is 382 g/mol. The highest BCUT2D eigenvalue weighted by atomic mass is 19.4. The Morgan fingerprint density at radius 1 is 1.19 bits per heavy atom. The normalized spacial score (nSPS) is 11.3. The molecule has 0 bridgehead atoms. The van der Waals surface area contributed by atoms with Crippen LogP contribution in [-0.2, 0) is 0 Å². The number of nitrogens with one attached hydrogen (secondary N) is 2. The SMILES string of the molecule is CN(C)CCCNc1ncccc1C(=O)Nc1ccc(OC(F)(F)F)cc1. The molecule has 1 aromatic heterocycles. The van der Waals surface area contributed by atoms with Gasteiger partial charge in [0.1, 0.15) is 11.6 Å². The van der Waals surface area contributed by atoms with E-state index in [-0.39, 0.29) is 5.75 Å². The molecule has 2 rings (SSSR count). The molecule has 146 valence electrons. The van der Waals surface area contributed by atoms with Crippen molar-refractivity contribution in [2.24, 2.45) is 0 Å². The van der Waals surface area contributed by atoms with Crippen LogP contribution in [-0.4, -0.2) is 49.3 Å². The first kappa shape index (κ1) is 20.5. The summed E-state index contributed by atoms with van der Waals surface area (Å²) in [7, 11) is 3.95. The number of rotatable bonds is 8. The van der Waals surface area contributed by atoms with Crippen molar-refractivity contribution in [2.75, 3.05) is 37.8 Å². The molecule has 0 saturated carbocycles. The molecule has 0 fully saturated rings. The van der Waals surface area contributed by atoms with Crippen LogP contribution in [0.1, 0.15) is 16.8 Å². The van der Waals surface area contributed by atoms with Crippen LogP contribution in [0.2, 0.25) is 0 Å². The maximum Gasteiger partial charge on any atom is 0.573 e. The molecular formula is C18H21F3N4O2. The quantitative estimate of drug-likeness (QED) is 0.683. The second kappa shape index (κ2) is 9.22. The summed E-state index contributed by atoms with van der Waals surface area (Å²) < 4.78 is 40.3. The molecule has 0 aliphatic carbocycles. The highest BCUT2D eigenvalue weighted by Crippen LogP contribution is 2.24. The van der Waals surface area contributed by atoms with Gasteiger partial charge in [-0.25, -0.2) is 4.98 Å². The zero-order valence-corrected chi connectivity index (χ0v) is 15.0. The molecule has 2 N–H and O–H groups in total. The Morgan fingerprint density at radius 2 is 1.89 bits per heavy atom. The first-order chi connectivity index (χ1) is 12.7. The fraction of sp³-hybridized carbons (Fsp3) is 0.333. The predicted molar refractivity (Wildman–Crippen MR) is 97.0 cm³/mol. The first-order valence-corrected chi connectivity index (χ1v) is 8.25. The number of carbonyl (C=O) groups excluding carboxylic acids is 1. The second-order valence-electron chi connectivity index (χ2n) is 6.01. The number of anilines is 2. The number of ether oxygens (including phenoxy) is 1. The van der Waals surface area contributed by atoms with Gasteiger partial charge in [-0.3, -0.25) is 4.79 Å². The fourth-order valence-corrected chi connectivity index (χ4v) is 2.27. The van der Waals surface area contributed by atoms with E-state index in [4.69, 9.17) is 0 Å². The molecule has 1 amide bonds. The molecule has 0 spiro atoms. The minimum atomic E-state index is -4.76. The number of aromatic nitrogens is 1. The Morgan fingerprint density at radius 3 is 2.52 bits per heavy atom. The van der Waals surface area contributed by atoms with Crippen LogP contribution in [0, 0.1) is 0 Å². The predicted octanol–water partition coefficient (Wildman–Crippen LogP) is 3.60. The van der Waals surface area contributed by atoms with Crippen LogP contribution in [0.4, 0.5) is 24.7 Å². The lowest BCUT2D eigenvalue weighted by atomic mass is 10.2. The van der Waals surface area contributed by atoms with Crippen LogP contribution in [0.3, 0.4) is 0 Å². The maximum absolute atomic E-state index is 12.5. The Balaban J connectivity index is 1.99. The lowest BCUT2D eigenvalue weighted by Crippen LogP contribution is -2.19. The molecule has 27 heavy (non-hydrogen) atoms. The summed E-state index contributed by atoms with van der Waals surface area (Å²) in [5.41, 5.74) is 0.690. The summed E-state index contributed by atoms with van der Waals surface area (Å²) in [5.74, 6) is -0.321. The number of hydrogen-bond donors (Lipinski definition) is 2. The average Bonchev–Trinajstić information content (AvgIpc) is 2.59. The lowest BCUT2D eigenvalue weighted by molar-refractivity contribution is -0.274. The van der Waals surface area contributed by atoms with Gasteiger partial charge < -0.3 is 20.3 Å². The molecule has 0 radical (unpaired) electrons. The monoisotopic (exact) mass is 382 g/mol.